The van der Waals surface area contributed by atoms with Crippen molar-refractivity contribution in [3.05, 3.63) is 23.8 Å². The van der Waals surface area contributed by atoms with Gasteiger partial charge in [-0.25, -0.2) is 0 Å². The van der Waals surface area contributed by atoms with E-state index in [9.17, 15) is 0 Å². The molecule has 0 heterocycles. The predicted molar refractivity (Wildman–Crippen MR) is 42.0 cm³/mol. The van der Waals surface area contributed by atoms with E-state index in [1.807, 2.05) is 18.2 Å². The SMILES string of the molecule is C#CC/C=C\C=C(C)C. The largest absolute Gasteiger partial charge is 0.120 e. The first-order chi connectivity index (χ1) is 4.27. The van der Waals surface area contributed by atoms with Crippen molar-refractivity contribution in [1.82, 2.24) is 0 Å². The van der Waals surface area contributed by atoms with Gasteiger partial charge in [0.25, 0.3) is 0 Å². The van der Waals surface area contributed by atoms with Gasteiger partial charge < -0.3 is 0 Å². The minimum absolute atomic E-state index is 0.726. The summed E-state index contributed by atoms with van der Waals surface area (Å²) in [6, 6.07) is 0. The third-order valence-corrected chi connectivity index (χ3v) is 0.801. The molecule has 0 saturated heterocycles. The highest BCUT2D eigenvalue weighted by Gasteiger charge is 1.69. The van der Waals surface area contributed by atoms with Crippen molar-refractivity contribution in [2.75, 3.05) is 0 Å². The molecule has 48 valence electrons. The van der Waals surface area contributed by atoms with Gasteiger partial charge in [-0.05, 0) is 13.8 Å². The molecule has 0 aromatic carbocycles. The van der Waals surface area contributed by atoms with Crippen molar-refractivity contribution >= 4 is 0 Å². The van der Waals surface area contributed by atoms with Gasteiger partial charge in [-0.1, -0.05) is 23.8 Å². The topological polar surface area (TPSA) is 0 Å². The van der Waals surface area contributed by atoms with Gasteiger partial charge in [0.15, 0.2) is 0 Å². The van der Waals surface area contributed by atoms with Crippen molar-refractivity contribution in [2.45, 2.75) is 20.3 Å². The Hall–Kier alpha value is -0.960. The molecule has 0 fully saturated rings. The Balaban J connectivity index is 3.51. The molecule has 0 saturated carbocycles. The molecule has 0 bridgehead atoms. The second-order valence-electron chi connectivity index (χ2n) is 2.08. The maximum Gasteiger partial charge on any atom is 0.0270 e. The average molecular weight is 120 g/mol. The third-order valence-electron chi connectivity index (χ3n) is 0.801. The highest BCUT2D eigenvalue weighted by atomic mass is 13.8. The van der Waals surface area contributed by atoms with E-state index < -0.39 is 0 Å². The Morgan fingerprint density at radius 1 is 1.56 bits per heavy atom. The summed E-state index contributed by atoms with van der Waals surface area (Å²) in [6.07, 6.45) is 11.7. The van der Waals surface area contributed by atoms with Gasteiger partial charge in [0, 0.05) is 6.42 Å². The lowest BCUT2D eigenvalue weighted by atomic mass is 10.3. The van der Waals surface area contributed by atoms with Gasteiger partial charge in [0.05, 0.1) is 0 Å². The lowest BCUT2D eigenvalue weighted by Crippen LogP contribution is -1.59. The van der Waals surface area contributed by atoms with Crippen LogP contribution in [0, 0.1) is 12.3 Å². The van der Waals surface area contributed by atoms with E-state index in [4.69, 9.17) is 6.42 Å². The molecular formula is C9H12. The van der Waals surface area contributed by atoms with Crippen LogP contribution in [0.3, 0.4) is 0 Å². The number of hydrogen-bond donors (Lipinski definition) is 0. The van der Waals surface area contributed by atoms with Gasteiger partial charge in [-0.3, -0.25) is 0 Å². The van der Waals surface area contributed by atoms with Crippen LogP contribution in [0.1, 0.15) is 20.3 Å². The normalized spacial score (nSPS) is 9.00. The fourth-order valence-corrected chi connectivity index (χ4v) is 0.397. The van der Waals surface area contributed by atoms with Crippen molar-refractivity contribution < 1.29 is 0 Å². The Morgan fingerprint density at radius 2 is 2.22 bits per heavy atom. The van der Waals surface area contributed by atoms with Gasteiger partial charge in [-0.15, -0.1) is 12.3 Å². The van der Waals surface area contributed by atoms with E-state index in [0.29, 0.717) is 0 Å². The molecule has 0 aliphatic heterocycles. The van der Waals surface area contributed by atoms with Crippen LogP contribution in [-0.4, -0.2) is 0 Å². The molecule has 9 heavy (non-hydrogen) atoms. The molecule has 0 aliphatic rings. The minimum atomic E-state index is 0.726. The standard InChI is InChI=1S/C9H12/c1-4-5-6-7-8-9(2)3/h1,6-8H,5H2,2-3H3/b7-6-. The second kappa shape index (κ2) is 5.18. The molecule has 0 atom stereocenters. The number of rotatable bonds is 2. The second-order valence-corrected chi connectivity index (χ2v) is 2.08. The van der Waals surface area contributed by atoms with E-state index in [2.05, 4.69) is 19.8 Å². The zero-order chi connectivity index (χ0) is 7.11. The molecule has 0 heteroatoms. The van der Waals surface area contributed by atoms with Gasteiger partial charge in [0.2, 0.25) is 0 Å². The molecular weight excluding hydrogens is 108 g/mol. The maximum absolute atomic E-state index is 5.02. The lowest BCUT2D eigenvalue weighted by molar-refractivity contribution is 1.38. The average Bonchev–Trinajstić information content (AvgIpc) is 1.80. The first kappa shape index (κ1) is 8.04. The molecule has 0 nitrogen and oxygen atoms in total. The summed E-state index contributed by atoms with van der Waals surface area (Å²) < 4.78 is 0. The van der Waals surface area contributed by atoms with Crippen LogP contribution in [0.5, 0.6) is 0 Å². The summed E-state index contributed by atoms with van der Waals surface area (Å²) in [5.41, 5.74) is 1.29. The molecule has 0 aromatic rings. The Labute approximate surface area is 57.3 Å². The van der Waals surface area contributed by atoms with Crippen molar-refractivity contribution in [3.63, 3.8) is 0 Å². The molecule has 0 spiro atoms. The predicted octanol–water partition coefficient (Wildman–Crippen LogP) is 2.53. The summed E-state index contributed by atoms with van der Waals surface area (Å²) >= 11 is 0. The molecule has 0 N–H and O–H groups in total. The molecule has 0 rings (SSSR count). The van der Waals surface area contributed by atoms with Crippen LogP contribution >= 0.6 is 0 Å². The summed E-state index contributed by atoms with van der Waals surface area (Å²) in [6.45, 7) is 4.11. The zero-order valence-corrected chi connectivity index (χ0v) is 6.02. The lowest BCUT2D eigenvalue weighted by Gasteiger charge is -1.80. The summed E-state index contributed by atoms with van der Waals surface area (Å²) in [5.74, 6) is 2.53. The monoisotopic (exact) mass is 120 g/mol. The van der Waals surface area contributed by atoms with Crippen LogP contribution in [-0.2, 0) is 0 Å². The zero-order valence-electron chi connectivity index (χ0n) is 6.02. The van der Waals surface area contributed by atoms with Crippen molar-refractivity contribution in [3.8, 4) is 12.3 Å². The van der Waals surface area contributed by atoms with Crippen LogP contribution in [0.15, 0.2) is 23.8 Å². The van der Waals surface area contributed by atoms with E-state index in [1.165, 1.54) is 5.57 Å². The molecule has 0 radical (unpaired) electrons. The number of terminal acetylenes is 1. The van der Waals surface area contributed by atoms with Crippen molar-refractivity contribution in [2.24, 2.45) is 0 Å². The summed E-state index contributed by atoms with van der Waals surface area (Å²) in [5, 5.41) is 0. The van der Waals surface area contributed by atoms with Gasteiger partial charge >= 0.3 is 0 Å². The van der Waals surface area contributed by atoms with Gasteiger partial charge in [-0.2, -0.15) is 0 Å². The Bertz CT molecular complexity index is 149. The quantitative estimate of drug-likeness (QED) is 0.388. The number of allylic oxidation sites excluding steroid dienone is 4. The third kappa shape index (κ3) is 7.04. The van der Waals surface area contributed by atoms with Gasteiger partial charge in [0.1, 0.15) is 0 Å². The van der Waals surface area contributed by atoms with Crippen LogP contribution in [0.2, 0.25) is 0 Å². The molecule has 0 aliphatic carbocycles. The fourth-order valence-electron chi connectivity index (χ4n) is 0.397. The Morgan fingerprint density at radius 3 is 2.67 bits per heavy atom. The Kier molecular flexibility index (Phi) is 4.63. The van der Waals surface area contributed by atoms with E-state index in [-0.39, 0.29) is 0 Å². The number of hydrogen-bond acceptors (Lipinski definition) is 0. The van der Waals surface area contributed by atoms with Crippen LogP contribution in [0.25, 0.3) is 0 Å². The fraction of sp³-hybridized carbons (Fsp3) is 0.333. The summed E-state index contributed by atoms with van der Waals surface area (Å²) in [7, 11) is 0. The van der Waals surface area contributed by atoms with Crippen molar-refractivity contribution in [1.29, 1.82) is 0 Å². The van der Waals surface area contributed by atoms with E-state index in [0.717, 1.165) is 6.42 Å². The first-order valence-electron chi connectivity index (χ1n) is 3.01. The van der Waals surface area contributed by atoms with Crippen LogP contribution < -0.4 is 0 Å². The highest BCUT2D eigenvalue weighted by molar-refractivity contribution is 5.10. The van der Waals surface area contributed by atoms with E-state index in [1.54, 1.807) is 0 Å². The molecule has 0 unspecified atom stereocenters. The molecule has 0 amide bonds. The van der Waals surface area contributed by atoms with Crippen LogP contribution in [0.4, 0.5) is 0 Å². The van der Waals surface area contributed by atoms with E-state index >= 15 is 0 Å². The maximum atomic E-state index is 5.02. The highest BCUT2D eigenvalue weighted by Crippen LogP contribution is 1.89. The minimum Gasteiger partial charge on any atom is -0.120 e. The smallest absolute Gasteiger partial charge is 0.0270 e. The summed E-state index contributed by atoms with van der Waals surface area (Å²) in [4.78, 5) is 0. The first-order valence-corrected chi connectivity index (χ1v) is 3.01. The molecule has 0 aromatic heterocycles.